The molecule has 0 bridgehead atoms. The minimum atomic E-state index is -1.04. The maximum atomic E-state index is 13.8. The number of esters is 1. The van der Waals surface area contributed by atoms with Crippen LogP contribution < -0.4 is 10.6 Å². The Balaban J connectivity index is 2.00. The number of rotatable bonds is 6. The Hall–Kier alpha value is -2.67. The van der Waals surface area contributed by atoms with E-state index in [4.69, 9.17) is 11.6 Å². The normalized spacial score (nSPS) is 11.6. The van der Waals surface area contributed by atoms with Crippen LogP contribution in [0.5, 0.6) is 0 Å². The number of carbonyl (C=O) groups excluding carboxylic acids is 2. The van der Waals surface area contributed by atoms with Crippen molar-refractivity contribution in [3.8, 4) is 0 Å². The predicted octanol–water partition coefficient (Wildman–Crippen LogP) is 3.69. The van der Waals surface area contributed by atoms with Gasteiger partial charge < -0.3 is 15.4 Å². The van der Waals surface area contributed by atoms with Crippen molar-refractivity contribution >= 4 is 29.2 Å². The van der Waals surface area contributed by atoms with Gasteiger partial charge in [0, 0.05) is 11.1 Å². The molecule has 1 atom stereocenters. The van der Waals surface area contributed by atoms with Crippen LogP contribution in [-0.2, 0) is 9.53 Å². The second-order valence-corrected chi connectivity index (χ2v) is 5.93. The fourth-order valence-corrected chi connectivity index (χ4v) is 2.38. The summed E-state index contributed by atoms with van der Waals surface area (Å²) in [6, 6.07) is 8.21. The molecular weight excluding hydrogens is 366 g/mol. The zero-order valence-corrected chi connectivity index (χ0v) is 14.9. The van der Waals surface area contributed by atoms with Crippen molar-refractivity contribution in [2.24, 2.45) is 0 Å². The van der Waals surface area contributed by atoms with Crippen molar-refractivity contribution in [2.75, 3.05) is 19.0 Å². The molecule has 0 spiro atoms. The molecule has 8 heteroatoms. The molecule has 2 aromatic rings. The van der Waals surface area contributed by atoms with Crippen LogP contribution >= 0.6 is 11.6 Å². The topological polar surface area (TPSA) is 67.4 Å². The third-order valence-electron chi connectivity index (χ3n) is 3.65. The number of hydrogen-bond acceptors (Lipinski definition) is 4. The number of halogens is 3. The van der Waals surface area contributed by atoms with Crippen LogP contribution in [0, 0.1) is 11.6 Å². The van der Waals surface area contributed by atoms with Gasteiger partial charge in [0.1, 0.15) is 11.6 Å². The molecule has 0 heterocycles. The number of amides is 1. The van der Waals surface area contributed by atoms with Gasteiger partial charge in [-0.05, 0) is 30.7 Å². The fourth-order valence-electron chi connectivity index (χ4n) is 2.25. The largest absolute Gasteiger partial charge is 0.465 e. The number of anilines is 1. The van der Waals surface area contributed by atoms with Crippen LogP contribution in [0.15, 0.2) is 36.4 Å². The molecule has 1 amide bonds. The molecule has 2 aromatic carbocycles. The minimum Gasteiger partial charge on any atom is -0.465 e. The summed E-state index contributed by atoms with van der Waals surface area (Å²) in [7, 11) is 1.09. The van der Waals surface area contributed by atoms with Crippen LogP contribution in [0.3, 0.4) is 0 Å². The molecule has 2 rings (SSSR count). The number of carbonyl (C=O) groups is 2. The van der Waals surface area contributed by atoms with E-state index in [9.17, 15) is 18.4 Å². The maximum absolute atomic E-state index is 13.8. The summed E-state index contributed by atoms with van der Waals surface area (Å²) < 4.78 is 31.8. The summed E-state index contributed by atoms with van der Waals surface area (Å²) in [6.45, 7) is 1.52. The average Bonchev–Trinajstić information content (AvgIpc) is 2.60. The Morgan fingerprint density at radius 2 is 1.81 bits per heavy atom. The minimum absolute atomic E-state index is 0.180. The lowest BCUT2D eigenvalue weighted by Gasteiger charge is -2.15. The van der Waals surface area contributed by atoms with Gasteiger partial charge in [0.05, 0.1) is 30.9 Å². The van der Waals surface area contributed by atoms with Crippen LogP contribution in [-0.4, -0.2) is 25.5 Å². The van der Waals surface area contributed by atoms with Gasteiger partial charge in [-0.25, -0.2) is 13.6 Å². The molecule has 0 aliphatic rings. The van der Waals surface area contributed by atoms with Gasteiger partial charge in [0.25, 0.3) is 0 Å². The highest BCUT2D eigenvalue weighted by Gasteiger charge is 2.17. The van der Waals surface area contributed by atoms with Crippen LogP contribution in [0.2, 0.25) is 5.02 Å². The fraction of sp³-hybridized carbons (Fsp3) is 0.222. The number of benzene rings is 2. The molecule has 0 aliphatic heterocycles. The Kier molecular flexibility index (Phi) is 6.52. The number of methoxy groups -OCH3 is 1. The second-order valence-electron chi connectivity index (χ2n) is 5.50. The maximum Gasteiger partial charge on any atom is 0.340 e. The third kappa shape index (κ3) is 4.92. The van der Waals surface area contributed by atoms with Crippen molar-refractivity contribution in [1.29, 1.82) is 0 Å². The van der Waals surface area contributed by atoms with E-state index in [1.165, 1.54) is 0 Å². The summed E-state index contributed by atoms with van der Waals surface area (Å²) in [4.78, 5) is 23.5. The first kappa shape index (κ1) is 19.7. The Bertz CT molecular complexity index is 813. The average molecular weight is 383 g/mol. The molecule has 26 heavy (non-hydrogen) atoms. The molecule has 0 saturated carbocycles. The summed E-state index contributed by atoms with van der Waals surface area (Å²) in [5.74, 6) is -3.31. The molecule has 0 radical (unpaired) electrons. The van der Waals surface area contributed by atoms with E-state index in [1.807, 2.05) is 0 Å². The number of ether oxygens (including phenoxy) is 1. The van der Waals surface area contributed by atoms with Crippen molar-refractivity contribution in [2.45, 2.75) is 13.0 Å². The first-order valence-electron chi connectivity index (χ1n) is 7.68. The molecule has 0 saturated heterocycles. The van der Waals surface area contributed by atoms with Gasteiger partial charge in [-0.2, -0.15) is 0 Å². The highest BCUT2D eigenvalue weighted by Crippen LogP contribution is 2.20. The van der Waals surface area contributed by atoms with E-state index in [0.717, 1.165) is 18.7 Å². The molecule has 0 fully saturated rings. The van der Waals surface area contributed by atoms with Gasteiger partial charge in [-0.1, -0.05) is 23.7 Å². The van der Waals surface area contributed by atoms with Crippen molar-refractivity contribution < 1.29 is 23.1 Å². The van der Waals surface area contributed by atoms with E-state index >= 15 is 0 Å². The second kappa shape index (κ2) is 8.62. The lowest BCUT2D eigenvalue weighted by atomic mass is 10.1. The molecule has 5 nitrogen and oxygen atoms in total. The van der Waals surface area contributed by atoms with E-state index < -0.39 is 29.1 Å². The van der Waals surface area contributed by atoms with Crippen LogP contribution in [0.25, 0.3) is 0 Å². The predicted molar refractivity (Wildman–Crippen MR) is 94.2 cm³/mol. The molecule has 1 unspecified atom stereocenters. The van der Waals surface area contributed by atoms with Crippen LogP contribution in [0.4, 0.5) is 14.5 Å². The standard InChI is InChI=1S/C18H17ClF2N2O3/c1-10(11-3-5-12(19)6-4-11)23-17(24)9-22-16-7-13(18(25)26-2)14(20)8-15(16)21/h3-8,10,22H,9H2,1-2H3,(H,23,24). The van der Waals surface area contributed by atoms with E-state index in [1.54, 1.807) is 31.2 Å². The summed E-state index contributed by atoms with van der Waals surface area (Å²) in [6.07, 6.45) is 0. The van der Waals surface area contributed by atoms with Gasteiger partial charge in [0.15, 0.2) is 0 Å². The van der Waals surface area contributed by atoms with Crippen molar-refractivity contribution in [3.05, 3.63) is 64.2 Å². The molecule has 138 valence electrons. The van der Waals surface area contributed by atoms with Gasteiger partial charge in [-0.15, -0.1) is 0 Å². The summed E-state index contributed by atoms with van der Waals surface area (Å²) >= 11 is 5.82. The van der Waals surface area contributed by atoms with Gasteiger partial charge >= 0.3 is 5.97 Å². The molecule has 2 N–H and O–H groups in total. The summed E-state index contributed by atoms with van der Waals surface area (Å²) in [5, 5.41) is 5.86. The molecular formula is C18H17ClF2N2O3. The number of nitrogens with one attached hydrogen (secondary N) is 2. The first-order valence-corrected chi connectivity index (χ1v) is 8.05. The lowest BCUT2D eigenvalue weighted by molar-refractivity contribution is -0.120. The van der Waals surface area contributed by atoms with Crippen molar-refractivity contribution in [1.82, 2.24) is 5.32 Å². The Morgan fingerprint density at radius 1 is 1.15 bits per heavy atom. The molecule has 0 aliphatic carbocycles. The van der Waals surface area contributed by atoms with Gasteiger partial charge in [0.2, 0.25) is 5.91 Å². The zero-order valence-electron chi connectivity index (χ0n) is 14.1. The van der Waals surface area contributed by atoms with E-state index in [-0.39, 0.29) is 18.3 Å². The van der Waals surface area contributed by atoms with E-state index in [0.29, 0.717) is 11.1 Å². The van der Waals surface area contributed by atoms with Crippen LogP contribution in [0.1, 0.15) is 28.9 Å². The highest BCUT2D eigenvalue weighted by molar-refractivity contribution is 6.30. The lowest BCUT2D eigenvalue weighted by Crippen LogP contribution is -2.32. The van der Waals surface area contributed by atoms with Crippen molar-refractivity contribution in [3.63, 3.8) is 0 Å². The number of hydrogen-bond donors (Lipinski definition) is 2. The summed E-state index contributed by atoms with van der Waals surface area (Å²) in [5.41, 5.74) is 0.246. The SMILES string of the molecule is COC(=O)c1cc(NCC(=O)NC(C)c2ccc(Cl)cc2)c(F)cc1F. The first-order chi connectivity index (χ1) is 12.3. The third-order valence-corrected chi connectivity index (χ3v) is 3.90. The monoisotopic (exact) mass is 382 g/mol. The smallest absolute Gasteiger partial charge is 0.340 e. The Labute approximate surface area is 154 Å². The molecule has 0 aromatic heterocycles. The Morgan fingerprint density at radius 3 is 2.42 bits per heavy atom. The van der Waals surface area contributed by atoms with E-state index in [2.05, 4.69) is 15.4 Å². The zero-order chi connectivity index (χ0) is 19.3. The quantitative estimate of drug-likeness (QED) is 0.748. The highest BCUT2D eigenvalue weighted by atomic mass is 35.5. The van der Waals surface area contributed by atoms with Gasteiger partial charge in [-0.3, -0.25) is 4.79 Å².